The molecular weight excluding hydrogens is 523 g/mol. The summed E-state index contributed by atoms with van der Waals surface area (Å²) in [5, 5.41) is 3.06. The number of benzene rings is 2. The fourth-order valence-electron chi connectivity index (χ4n) is 4.46. The van der Waals surface area contributed by atoms with Crippen LogP contribution in [0.15, 0.2) is 60.8 Å². The second-order valence-corrected chi connectivity index (χ2v) is 9.36. The topological polar surface area (TPSA) is 72.9 Å². The van der Waals surface area contributed by atoms with E-state index >= 15 is 0 Å². The van der Waals surface area contributed by atoms with E-state index in [0.29, 0.717) is 28.9 Å². The zero-order valence-electron chi connectivity index (χ0n) is 20.2. The van der Waals surface area contributed by atoms with Crippen molar-refractivity contribution in [2.24, 2.45) is 0 Å². The van der Waals surface area contributed by atoms with Crippen LogP contribution in [0.2, 0.25) is 5.02 Å². The molecule has 200 valence electrons. The van der Waals surface area contributed by atoms with Crippen molar-refractivity contribution >= 4 is 34.7 Å². The molecule has 2 aliphatic heterocycles. The Bertz CT molecular complexity index is 1280. The molecule has 1 aromatic heterocycles. The second-order valence-electron chi connectivity index (χ2n) is 8.96. The molecule has 5 rings (SSSR count). The van der Waals surface area contributed by atoms with Gasteiger partial charge in [0.25, 0.3) is 5.91 Å². The highest BCUT2D eigenvalue weighted by molar-refractivity contribution is 6.33. The summed E-state index contributed by atoms with van der Waals surface area (Å²) >= 11 is 6.52. The fraction of sp³-hybridized carbons (Fsp3) is 0.333. The van der Waals surface area contributed by atoms with E-state index in [0.717, 1.165) is 31.4 Å². The van der Waals surface area contributed by atoms with Gasteiger partial charge in [0.15, 0.2) is 17.9 Å². The maximum absolute atomic E-state index is 13.2. The minimum absolute atomic E-state index is 0.178. The molecule has 11 heteroatoms. The molecule has 1 N–H and O–H groups in total. The van der Waals surface area contributed by atoms with E-state index in [1.54, 1.807) is 36.5 Å². The van der Waals surface area contributed by atoms with E-state index in [1.807, 2.05) is 4.90 Å². The van der Waals surface area contributed by atoms with Crippen LogP contribution in [0.3, 0.4) is 0 Å². The lowest BCUT2D eigenvalue weighted by Gasteiger charge is -2.39. The molecule has 7 nitrogen and oxygen atoms in total. The van der Waals surface area contributed by atoms with Crippen LogP contribution in [0.5, 0.6) is 5.75 Å². The molecule has 0 bridgehead atoms. The summed E-state index contributed by atoms with van der Waals surface area (Å²) in [4.78, 5) is 19.5. The molecule has 38 heavy (non-hydrogen) atoms. The molecule has 0 aliphatic carbocycles. The number of rotatable bonds is 6. The van der Waals surface area contributed by atoms with Crippen molar-refractivity contribution in [3.8, 4) is 5.75 Å². The SMILES string of the molecule is O=C(Nc1ccc(C(F)(F)F)cc1)c1cccc2c1OCC(COC1CCCCO1)N2c1ncccc1Cl. The van der Waals surface area contributed by atoms with Gasteiger partial charge in [-0.2, -0.15) is 13.2 Å². The zero-order chi connectivity index (χ0) is 26.7. The summed E-state index contributed by atoms with van der Waals surface area (Å²) in [6.45, 7) is 1.11. The summed E-state index contributed by atoms with van der Waals surface area (Å²) < 4.78 is 56.5. The standard InChI is InChI=1S/C27H25ClF3N3O4/c28-21-6-4-13-32-25(21)34-19(15-37-23-8-1-2-14-36-23)16-38-24-20(5-3-7-22(24)34)26(35)33-18-11-9-17(10-12-18)27(29,30)31/h3-7,9-13,19,23H,1-2,8,14-16H2,(H,33,35). The minimum Gasteiger partial charge on any atom is -0.488 e. The monoisotopic (exact) mass is 547 g/mol. The number of amides is 1. The van der Waals surface area contributed by atoms with Gasteiger partial charge in [0.2, 0.25) is 0 Å². The quantitative estimate of drug-likeness (QED) is 0.382. The lowest BCUT2D eigenvalue weighted by atomic mass is 10.1. The van der Waals surface area contributed by atoms with Crippen molar-refractivity contribution in [3.05, 3.63) is 76.9 Å². The molecule has 2 atom stereocenters. The van der Waals surface area contributed by atoms with E-state index in [9.17, 15) is 18.0 Å². The van der Waals surface area contributed by atoms with Gasteiger partial charge >= 0.3 is 6.18 Å². The maximum atomic E-state index is 13.2. The largest absolute Gasteiger partial charge is 0.488 e. The van der Waals surface area contributed by atoms with Crippen LogP contribution in [-0.2, 0) is 15.7 Å². The Hall–Kier alpha value is -3.34. The van der Waals surface area contributed by atoms with E-state index in [4.69, 9.17) is 25.8 Å². The van der Waals surface area contributed by atoms with Crippen molar-refractivity contribution in [2.45, 2.75) is 37.8 Å². The molecule has 2 aromatic carbocycles. The molecule has 1 saturated heterocycles. The van der Waals surface area contributed by atoms with E-state index in [1.165, 1.54) is 12.1 Å². The van der Waals surface area contributed by atoms with Crippen molar-refractivity contribution in [1.29, 1.82) is 0 Å². The number of ether oxygens (including phenoxy) is 3. The van der Waals surface area contributed by atoms with Crippen LogP contribution < -0.4 is 15.0 Å². The molecule has 0 radical (unpaired) electrons. The lowest BCUT2D eigenvalue weighted by molar-refractivity contribution is -0.165. The van der Waals surface area contributed by atoms with Crippen molar-refractivity contribution in [2.75, 3.05) is 30.0 Å². The fourth-order valence-corrected chi connectivity index (χ4v) is 4.67. The molecule has 1 amide bonds. The molecule has 2 aliphatic rings. The van der Waals surface area contributed by atoms with Gasteiger partial charge in [0.05, 0.1) is 34.5 Å². The summed E-state index contributed by atoms with van der Waals surface area (Å²) in [7, 11) is 0. The number of fused-ring (bicyclic) bond motifs is 1. The number of halogens is 4. The Kier molecular flexibility index (Phi) is 7.73. The van der Waals surface area contributed by atoms with Crippen LogP contribution in [0.25, 0.3) is 0 Å². The molecular formula is C27H25ClF3N3O4. The van der Waals surface area contributed by atoms with Crippen molar-refractivity contribution < 1.29 is 32.2 Å². The summed E-state index contributed by atoms with van der Waals surface area (Å²) in [5.41, 5.74) is 0.204. The number of carbonyl (C=O) groups is 1. The van der Waals surface area contributed by atoms with E-state index < -0.39 is 17.6 Å². The van der Waals surface area contributed by atoms with Gasteiger partial charge in [-0.05, 0) is 67.8 Å². The van der Waals surface area contributed by atoms with Crippen LogP contribution >= 0.6 is 11.6 Å². The van der Waals surface area contributed by atoms with Gasteiger partial charge < -0.3 is 24.4 Å². The summed E-state index contributed by atoms with van der Waals surface area (Å²) in [6, 6.07) is 12.5. The number of alkyl halides is 3. The normalized spacial score (nSPS) is 19.4. The predicted octanol–water partition coefficient (Wildman–Crippen LogP) is 6.45. The zero-order valence-corrected chi connectivity index (χ0v) is 21.0. The third-order valence-corrected chi connectivity index (χ3v) is 6.63. The van der Waals surface area contributed by atoms with Crippen LogP contribution in [0, 0.1) is 0 Å². The Balaban J connectivity index is 1.42. The van der Waals surface area contributed by atoms with E-state index in [-0.39, 0.29) is 36.8 Å². The Morgan fingerprint density at radius 3 is 2.66 bits per heavy atom. The average molecular weight is 548 g/mol. The number of para-hydroxylation sites is 1. The molecule has 3 heterocycles. The number of nitrogens with zero attached hydrogens (tertiary/aromatic N) is 2. The van der Waals surface area contributed by atoms with E-state index in [2.05, 4.69) is 10.3 Å². The second kappa shape index (κ2) is 11.2. The first-order valence-corrected chi connectivity index (χ1v) is 12.6. The number of anilines is 3. The number of hydrogen-bond acceptors (Lipinski definition) is 6. The maximum Gasteiger partial charge on any atom is 0.416 e. The van der Waals surface area contributed by atoms with Crippen LogP contribution in [-0.4, -0.2) is 43.0 Å². The summed E-state index contributed by atoms with van der Waals surface area (Å²) in [5.74, 6) is 0.264. The van der Waals surface area contributed by atoms with Gasteiger partial charge in [-0.15, -0.1) is 0 Å². The van der Waals surface area contributed by atoms with Crippen molar-refractivity contribution in [1.82, 2.24) is 4.98 Å². The summed E-state index contributed by atoms with van der Waals surface area (Å²) in [6.07, 6.45) is -0.294. The lowest BCUT2D eigenvalue weighted by Crippen LogP contribution is -2.45. The molecule has 0 saturated carbocycles. The first-order valence-electron chi connectivity index (χ1n) is 12.2. The molecule has 1 fully saturated rings. The third-order valence-electron chi connectivity index (χ3n) is 6.33. The Labute approximate surface area is 222 Å². The van der Waals surface area contributed by atoms with Gasteiger partial charge in [-0.1, -0.05) is 17.7 Å². The highest BCUT2D eigenvalue weighted by Crippen LogP contribution is 2.43. The number of nitrogens with one attached hydrogen (secondary N) is 1. The smallest absolute Gasteiger partial charge is 0.416 e. The third kappa shape index (κ3) is 5.72. The van der Waals surface area contributed by atoms with Crippen LogP contribution in [0.4, 0.5) is 30.4 Å². The minimum atomic E-state index is -4.46. The number of aromatic nitrogens is 1. The molecule has 0 spiro atoms. The Morgan fingerprint density at radius 1 is 1.13 bits per heavy atom. The van der Waals surface area contributed by atoms with Crippen LogP contribution in [0.1, 0.15) is 35.2 Å². The molecule has 3 aromatic rings. The van der Waals surface area contributed by atoms with Gasteiger partial charge in [-0.25, -0.2) is 4.98 Å². The van der Waals surface area contributed by atoms with Gasteiger partial charge in [0.1, 0.15) is 6.61 Å². The van der Waals surface area contributed by atoms with Crippen molar-refractivity contribution in [3.63, 3.8) is 0 Å². The van der Waals surface area contributed by atoms with Gasteiger partial charge in [-0.3, -0.25) is 4.79 Å². The first-order chi connectivity index (χ1) is 18.3. The predicted molar refractivity (Wildman–Crippen MR) is 136 cm³/mol. The number of pyridine rings is 1. The highest BCUT2D eigenvalue weighted by atomic mass is 35.5. The number of carbonyl (C=O) groups excluding carboxylic acids is 1. The molecule has 2 unspecified atom stereocenters. The first kappa shape index (κ1) is 26.3. The average Bonchev–Trinajstić information content (AvgIpc) is 2.92. The van der Waals surface area contributed by atoms with Gasteiger partial charge in [0, 0.05) is 18.5 Å². The highest BCUT2D eigenvalue weighted by Gasteiger charge is 2.35. The number of hydrogen-bond donors (Lipinski definition) is 1. The Morgan fingerprint density at radius 2 is 1.95 bits per heavy atom.